The maximum Gasteiger partial charge on any atom is 0.338 e. The molecule has 0 unspecified atom stereocenters. The van der Waals surface area contributed by atoms with Gasteiger partial charge in [0.15, 0.2) is 0 Å². The van der Waals surface area contributed by atoms with E-state index in [0.717, 1.165) is 32.0 Å². The van der Waals surface area contributed by atoms with E-state index in [1.807, 2.05) is 0 Å². The van der Waals surface area contributed by atoms with E-state index >= 15 is 0 Å². The average molecular weight is 221 g/mol. The molecular weight excluding hydrogens is 206 g/mol. The molecule has 0 aromatic carbocycles. The van der Waals surface area contributed by atoms with Crippen LogP contribution >= 0.6 is 0 Å². The first kappa shape index (κ1) is 10.9. The molecule has 5 nitrogen and oxygen atoms in total. The van der Waals surface area contributed by atoms with E-state index in [4.69, 9.17) is 0 Å². The molecule has 1 aromatic rings. The van der Waals surface area contributed by atoms with Crippen LogP contribution in [0.15, 0.2) is 18.3 Å². The predicted molar refractivity (Wildman–Crippen MR) is 60.7 cm³/mol. The number of aromatic nitrogens is 1. The van der Waals surface area contributed by atoms with Crippen molar-refractivity contribution in [2.24, 2.45) is 0 Å². The quantitative estimate of drug-likeness (QED) is 0.727. The van der Waals surface area contributed by atoms with Crippen LogP contribution in [-0.2, 0) is 4.74 Å². The summed E-state index contributed by atoms with van der Waals surface area (Å²) in [4.78, 5) is 17.8. The number of nitrogens with zero attached hydrogens (tertiary/aromatic N) is 2. The van der Waals surface area contributed by atoms with E-state index in [1.54, 1.807) is 18.3 Å². The molecule has 1 aliphatic heterocycles. The molecule has 0 amide bonds. The molecule has 0 saturated carbocycles. The Bertz CT molecular complexity index is 375. The molecule has 0 aliphatic carbocycles. The average Bonchev–Trinajstić information content (AvgIpc) is 2.39. The van der Waals surface area contributed by atoms with Crippen LogP contribution in [0.2, 0.25) is 0 Å². The van der Waals surface area contributed by atoms with Crippen molar-refractivity contribution in [3.63, 3.8) is 0 Å². The number of piperazine rings is 1. The number of esters is 1. The lowest BCUT2D eigenvalue weighted by Gasteiger charge is -2.28. The van der Waals surface area contributed by atoms with E-state index in [1.165, 1.54) is 7.11 Å². The van der Waals surface area contributed by atoms with Crippen LogP contribution < -0.4 is 10.2 Å². The lowest BCUT2D eigenvalue weighted by molar-refractivity contribution is 0.0600. The fraction of sp³-hybridized carbons (Fsp3) is 0.455. The van der Waals surface area contributed by atoms with Crippen LogP contribution in [0, 0.1) is 0 Å². The number of nitrogens with one attached hydrogen (secondary N) is 1. The van der Waals surface area contributed by atoms with Gasteiger partial charge in [-0.15, -0.1) is 0 Å². The second-order valence-corrected chi connectivity index (χ2v) is 3.63. The number of carbonyl (C=O) groups excluding carboxylic acids is 1. The largest absolute Gasteiger partial charge is 0.465 e. The summed E-state index contributed by atoms with van der Waals surface area (Å²) in [6.45, 7) is 3.73. The Morgan fingerprint density at radius 2 is 2.25 bits per heavy atom. The van der Waals surface area contributed by atoms with E-state index in [2.05, 4.69) is 19.9 Å². The maximum absolute atomic E-state index is 11.4. The molecule has 0 radical (unpaired) electrons. The first-order valence-corrected chi connectivity index (χ1v) is 5.31. The fourth-order valence-electron chi connectivity index (χ4n) is 1.73. The van der Waals surface area contributed by atoms with Gasteiger partial charge in [-0.05, 0) is 12.1 Å². The Morgan fingerprint density at radius 1 is 1.50 bits per heavy atom. The number of carbonyl (C=O) groups is 1. The SMILES string of the molecule is COC(=O)c1ccnc(N2CCNCC2)c1. The lowest BCUT2D eigenvalue weighted by Crippen LogP contribution is -2.43. The van der Waals surface area contributed by atoms with Crippen molar-refractivity contribution in [1.82, 2.24) is 10.3 Å². The van der Waals surface area contributed by atoms with Gasteiger partial charge >= 0.3 is 5.97 Å². The highest BCUT2D eigenvalue weighted by molar-refractivity contribution is 5.90. The van der Waals surface area contributed by atoms with Gasteiger partial charge in [-0.2, -0.15) is 0 Å². The molecule has 0 bridgehead atoms. The first-order valence-electron chi connectivity index (χ1n) is 5.31. The van der Waals surface area contributed by atoms with Crippen LogP contribution in [0.4, 0.5) is 5.82 Å². The Balaban J connectivity index is 2.17. The van der Waals surface area contributed by atoms with Gasteiger partial charge in [0.25, 0.3) is 0 Å². The normalized spacial score (nSPS) is 15.9. The molecule has 16 heavy (non-hydrogen) atoms. The molecule has 1 fully saturated rings. The standard InChI is InChI=1S/C11H15N3O2/c1-16-11(15)9-2-3-13-10(8-9)14-6-4-12-5-7-14/h2-3,8,12H,4-7H2,1H3. The third-order valence-electron chi connectivity index (χ3n) is 2.61. The molecule has 2 rings (SSSR count). The van der Waals surface area contributed by atoms with E-state index in [0.29, 0.717) is 5.56 Å². The number of rotatable bonds is 2. The molecule has 1 N–H and O–H groups in total. The lowest BCUT2D eigenvalue weighted by atomic mass is 10.2. The van der Waals surface area contributed by atoms with Crippen molar-refractivity contribution >= 4 is 11.8 Å². The van der Waals surface area contributed by atoms with Crippen LogP contribution in [-0.4, -0.2) is 44.2 Å². The highest BCUT2D eigenvalue weighted by atomic mass is 16.5. The van der Waals surface area contributed by atoms with E-state index < -0.39 is 0 Å². The molecule has 86 valence electrons. The summed E-state index contributed by atoms with van der Waals surface area (Å²) in [5, 5.41) is 3.27. The number of methoxy groups -OCH3 is 1. The van der Waals surface area contributed by atoms with Gasteiger partial charge < -0.3 is 15.0 Å². The number of hydrogen-bond acceptors (Lipinski definition) is 5. The Hall–Kier alpha value is -1.62. The van der Waals surface area contributed by atoms with Crippen molar-refractivity contribution < 1.29 is 9.53 Å². The monoisotopic (exact) mass is 221 g/mol. The topological polar surface area (TPSA) is 54.5 Å². The number of pyridine rings is 1. The summed E-state index contributed by atoms with van der Waals surface area (Å²) in [6, 6.07) is 3.44. The van der Waals surface area contributed by atoms with E-state index in [-0.39, 0.29) is 5.97 Å². The predicted octanol–water partition coefficient (Wildman–Crippen LogP) is 0.278. The van der Waals surface area contributed by atoms with Crippen molar-refractivity contribution in [2.45, 2.75) is 0 Å². The number of hydrogen-bond donors (Lipinski definition) is 1. The molecule has 0 spiro atoms. The summed E-state index contributed by atoms with van der Waals surface area (Å²) in [7, 11) is 1.38. The van der Waals surface area contributed by atoms with Gasteiger partial charge in [0.1, 0.15) is 5.82 Å². The summed E-state index contributed by atoms with van der Waals surface area (Å²) < 4.78 is 4.68. The zero-order chi connectivity index (χ0) is 11.4. The van der Waals surface area contributed by atoms with Crippen molar-refractivity contribution in [3.8, 4) is 0 Å². The molecule has 1 aliphatic rings. The minimum absolute atomic E-state index is 0.321. The molecule has 0 atom stereocenters. The van der Waals surface area contributed by atoms with Gasteiger partial charge in [0, 0.05) is 32.4 Å². The molecule has 1 saturated heterocycles. The van der Waals surface area contributed by atoms with Gasteiger partial charge in [-0.25, -0.2) is 9.78 Å². The third kappa shape index (κ3) is 2.30. The number of ether oxygens (including phenoxy) is 1. The minimum atomic E-state index is -0.321. The Kier molecular flexibility index (Phi) is 3.36. The third-order valence-corrected chi connectivity index (χ3v) is 2.61. The van der Waals surface area contributed by atoms with Crippen LogP contribution in [0.25, 0.3) is 0 Å². The molecular formula is C11H15N3O2. The van der Waals surface area contributed by atoms with Gasteiger partial charge in [-0.1, -0.05) is 0 Å². The van der Waals surface area contributed by atoms with Gasteiger partial charge in [0.05, 0.1) is 12.7 Å². The molecule has 2 heterocycles. The fourth-order valence-corrected chi connectivity index (χ4v) is 1.73. The summed E-state index contributed by atoms with van der Waals surface area (Å²) in [6.07, 6.45) is 1.64. The Morgan fingerprint density at radius 3 is 2.94 bits per heavy atom. The highest BCUT2D eigenvalue weighted by Crippen LogP contribution is 2.13. The zero-order valence-electron chi connectivity index (χ0n) is 9.27. The van der Waals surface area contributed by atoms with Crippen LogP contribution in [0.3, 0.4) is 0 Å². The smallest absolute Gasteiger partial charge is 0.338 e. The first-order chi connectivity index (χ1) is 7.81. The van der Waals surface area contributed by atoms with Gasteiger partial charge in [0.2, 0.25) is 0 Å². The zero-order valence-corrected chi connectivity index (χ0v) is 9.27. The van der Waals surface area contributed by atoms with Crippen molar-refractivity contribution in [3.05, 3.63) is 23.9 Å². The summed E-state index contributed by atoms with van der Waals surface area (Å²) >= 11 is 0. The molecule has 5 heteroatoms. The number of anilines is 1. The second kappa shape index (κ2) is 4.94. The van der Waals surface area contributed by atoms with Crippen molar-refractivity contribution in [1.29, 1.82) is 0 Å². The maximum atomic E-state index is 11.4. The Labute approximate surface area is 94.4 Å². The van der Waals surface area contributed by atoms with Crippen LogP contribution in [0.1, 0.15) is 10.4 Å². The summed E-state index contributed by atoms with van der Waals surface area (Å²) in [5.74, 6) is 0.517. The minimum Gasteiger partial charge on any atom is -0.465 e. The summed E-state index contributed by atoms with van der Waals surface area (Å²) in [5.41, 5.74) is 0.547. The highest BCUT2D eigenvalue weighted by Gasteiger charge is 2.13. The molecule has 1 aromatic heterocycles. The van der Waals surface area contributed by atoms with E-state index in [9.17, 15) is 4.79 Å². The second-order valence-electron chi connectivity index (χ2n) is 3.63. The van der Waals surface area contributed by atoms with Gasteiger partial charge in [-0.3, -0.25) is 0 Å². The van der Waals surface area contributed by atoms with Crippen LogP contribution in [0.5, 0.6) is 0 Å². The van der Waals surface area contributed by atoms with Crippen molar-refractivity contribution in [2.75, 3.05) is 38.2 Å².